The molecular weight excluding hydrogens is 420 g/mol. The van der Waals surface area contributed by atoms with Crippen LogP contribution in [-0.4, -0.2) is 21.7 Å². The monoisotopic (exact) mass is 440 g/mol. The Morgan fingerprint density at radius 3 is 2.50 bits per heavy atom. The zero-order valence-corrected chi connectivity index (χ0v) is 18.3. The van der Waals surface area contributed by atoms with Gasteiger partial charge in [-0.25, -0.2) is 4.98 Å². The first-order valence-electron chi connectivity index (χ1n) is 9.58. The van der Waals surface area contributed by atoms with Crippen LogP contribution in [-0.2, 0) is 19.5 Å². The van der Waals surface area contributed by atoms with Crippen molar-refractivity contribution >= 4 is 33.6 Å². The van der Waals surface area contributed by atoms with Crippen molar-refractivity contribution in [3.63, 3.8) is 0 Å². The number of nitrogens with zero attached hydrogens (tertiary/aromatic N) is 4. The summed E-state index contributed by atoms with van der Waals surface area (Å²) in [4.78, 5) is 20.0. The van der Waals surface area contributed by atoms with Crippen molar-refractivity contribution in [2.75, 3.05) is 12.0 Å². The second-order valence-corrected chi connectivity index (χ2v) is 8.29. The standard InChI is InChI=1S/C22H21ClN4O2S/c1-3-20-25-27-21(28)12-17(24-22(27)30-20)14-26(18-8-6-16(23)7-9-18)13-15-4-10-19(29-2)11-5-15/h4-12H,3,13-14H2,1-2H3. The second-order valence-electron chi connectivity index (χ2n) is 6.81. The molecule has 6 nitrogen and oxygen atoms in total. The van der Waals surface area contributed by atoms with Crippen LogP contribution in [0.15, 0.2) is 59.4 Å². The molecule has 0 spiro atoms. The molecule has 0 unspecified atom stereocenters. The summed E-state index contributed by atoms with van der Waals surface area (Å²) in [6.07, 6.45) is 0.775. The lowest BCUT2D eigenvalue weighted by Crippen LogP contribution is -2.25. The van der Waals surface area contributed by atoms with Crippen molar-refractivity contribution in [1.29, 1.82) is 0 Å². The van der Waals surface area contributed by atoms with Crippen LogP contribution in [0, 0.1) is 0 Å². The topological polar surface area (TPSA) is 59.7 Å². The molecule has 154 valence electrons. The van der Waals surface area contributed by atoms with Crippen LogP contribution in [0.25, 0.3) is 4.96 Å². The van der Waals surface area contributed by atoms with Crippen LogP contribution in [0.3, 0.4) is 0 Å². The van der Waals surface area contributed by atoms with Crippen molar-refractivity contribution in [2.24, 2.45) is 0 Å². The van der Waals surface area contributed by atoms with Crippen molar-refractivity contribution in [3.8, 4) is 5.75 Å². The molecule has 0 amide bonds. The lowest BCUT2D eigenvalue weighted by atomic mass is 10.1. The van der Waals surface area contributed by atoms with E-state index in [0.29, 0.717) is 28.8 Å². The molecule has 0 aliphatic carbocycles. The lowest BCUT2D eigenvalue weighted by Gasteiger charge is -2.25. The first kappa shape index (κ1) is 20.4. The number of rotatable bonds is 7. The highest BCUT2D eigenvalue weighted by molar-refractivity contribution is 7.16. The number of halogens is 1. The third-order valence-electron chi connectivity index (χ3n) is 4.72. The summed E-state index contributed by atoms with van der Waals surface area (Å²) in [5.41, 5.74) is 2.66. The van der Waals surface area contributed by atoms with Crippen LogP contribution in [0.4, 0.5) is 5.69 Å². The Kier molecular flexibility index (Phi) is 6.01. The van der Waals surface area contributed by atoms with E-state index in [2.05, 4.69) is 15.0 Å². The minimum absolute atomic E-state index is 0.161. The smallest absolute Gasteiger partial charge is 0.275 e. The van der Waals surface area contributed by atoms with Gasteiger partial charge in [0.05, 0.1) is 19.3 Å². The number of hydrogen-bond donors (Lipinski definition) is 0. The largest absolute Gasteiger partial charge is 0.497 e. The molecular formula is C22H21ClN4O2S. The minimum atomic E-state index is -0.161. The number of hydrogen-bond acceptors (Lipinski definition) is 6. The van der Waals surface area contributed by atoms with Crippen LogP contribution in [0.1, 0.15) is 23.2 Å². The van der Waals surface area contributed by atoms with Gasteiger partial charge >= 0.3 is 0 Å². The first-order chi connectivity index (χ1) is 14.6. The van der Waals surface area contributed by atoms with Gasteiger partial charge in [0, 0.05) is 23.3 Å². The van der Waals surface area contributed by atoms with Gasteiger partial charge < -0.3 is 9.64 Å². The third kappa shape index (κ3) is 4.47. The van der Waals surface area contributed by atoms with Gasteiger partial charge in [-0.1, -0.05) is 42.0 Å². The Morgan fingerprint density at radius 1 is 1.10 bits per heavy atom. The van der Waals surface area contributed by atoms with Crippen LogP contribution >= 0.6 is 22.9 Å². The number of fused-ring (bicyclic) bond motifs is 1. The Bertz CT molecular complexity index is 1200. The van der Waals surface area contributed by atoms with E-state index in [0.717, 1.165) is 28.4 Å². The highest BCUT2D eigenvalue weighted by Gasteiger charge is 2.13. The van der Waals surface area contributed by atoms with Gasteiger partial charge in [-0.2, -0.15) is 9.61 Å². The van der Waals surface area contributed by atoms with Crippen LogP contribution in [0.2, 0.25) is 5.02 Å². The SMILES string of the molecule is CCc1nn2c(=O)cc(CN(Cc3ccc(OC)cc3)c3ccc(Cl)cc3)nc2s1. The fourth-order valence-corrected chi connectivity index (χ4v) is 4.14. The van der Waals surface area contributed by atoms with Crippen LogP contribution < -0.4 is 15.2 Å². The summed E-state index contributed by atoms with van der Waals surface area (Å²) >= 11 is 7.53. The molecule has 30 heavy (non-hydrogen) atoms. The molecule has 0 saturated carbocycles. The van der Waals surface area contributed by atoms with Gasteiger partial charge in [0.25, 0.3) is 5.56 Å². The van der Waals surface area contributed by atoms with Crippen molar-refractivity contribution in [2.45, 2.75) is 26.4 Å². The number of methoxy groups -OCH3 is 1. The van der Waals surface area contributed by atoms with Crippen molar-refractivity contribution in [3.05, 3.63) is 86.2 Å². The van der Waals surface area contributed by atoms with E-state index in [1.807, 2.05) is 55.5 Å². The maximum absolute atomic E-state index is 12.5. The molecule has 4 aromatic rings. The summed E-state index contributed by atoms with van der Waals surface area (Å²) in [6.45, 7) is 3.15. The van der Waals surface area contributed by atoms with Gasteiger partial charge in [-0.15, -0.1) is 0 Å². The molecule has 0 atom stereocenters. The Balaban J connectivity index is 1.67. The van der Waals surface area contributed by atoms with E-state index in [1.54, 1.807) is 13.2 Å². The summed E-state index contributed by atoms with van der Waals surface area (Å²) in [5.74, 6) is 0.814. The predicted molar refractivity (Wildman–Crippen MR) is 121 cm³/mol. The van der Waals surface area contributed by atoms with Crippen molar-refractivity contribution in [1.82, 2.24) is 14.6 Å². The molecule has 0 aliphatic rings. The molecule has 0 fully saturated rings. The normalized spacial score (nSPS) is 11.0. The molecule has 0 saturated heterocycles. The molecule has 0 radical (unpaired) electrons. The number of aryl methyl sites for hydroxylation is 1. The average molecular weight is 441 g/mol. The van der Waals surface area contributed by atoms with E-state index in [1.165, 1.54) is 15.9 Å². The fourth-order valence-electron chi connectivity index (χ4n) is 3.16. The Labute approximate surface area is 183 Å². The average Bonchev–Trinajstić information content (AvgIpc) is 3.18. The van der Waals surface area contributed by atoms with Gasteiger partial charge in [0.2, 0.25) is 4.96 Å². The molecule has 2 heterocycles. The Morgan fingerprint density at radius 2 is 1.83 bits per heavy atom. The summed E-state index contributed by atoms with van der Waals surface area (Å²) in [7, 11) is 1.65. The van der Waals surface area contributed by atoms with Crippen molar-refractivity contribution < 1.29 is 4.74 Å². The third-order valence-corrected chi connectivity index (χ3v) is 6.02. The highest BCUT2D eigenvalue weighted by Crippen LogP contribution is 2.23. The maximum Gasteiger partial charge on any atom is 0.275 e. The van der Waals surface area contributed by atoms with E-state index < -0.39 is 0 Å². The first-order valence-corrected chi connectivity index (χ1v) is 10.8. The van der Waals surface area contributed by atoms with E-state index in [9.17, 15) is 4.79 Å². The Hall–Kier alpha value is -2.90. The highest BCUT2D eigenvalue weighted by atomic mass is 35.5. The molecule has 2 aromatic heterocycles. The number of benzene rings is 2. The zero-order chi connectivity index (χ0) is 21.1. The molecule has 0 bridgehead atoms. The summed E-state index contributed by atoms with van der Waals surface area (Å²) in [5, 5.41) is 5.89. The van der Waals surface area contributed by atoms with Crippen LogP contribution in [0.5, 0.6) is 5.75 Å². The van der Waals surface area contributed by atoms with E-state index >= 15 is 0 Å². The maximum atomic E-state index is 12.5. The van der Waals surface area contributed by atoms with E-state index in [-0.39, 0.29) is 5.56 Å². The minimum Gasteiger partial charge on any atom is -0.497 e. The van der Waals surface area contributed by atoms with E-state index in [4.69, 9.17) is 16.3 Å². The molecule has 4 rings (SSSR count). The zero-order valence-electron chi connectivity index (χ0n) is 16.7. The molecule has 0 aliphatic heterocycles. The second kappa shape index (κ2) is 8.85. The summed E-state index contributed by atoms with van der Waals surface area (Å²) in [6, 6.07) is 17.2. The fraction of sp³-hybridized carbons (Fsp3) is 0.227. The molecule has 8 heteroatoms. The predicted octanol–water partition coefficient (Wildman–Crippen LogP) is 4.58. The summed E-state index contributed by atoms with van der Waals surface area (Å²) < 4.78 is 6.63. The lowest BCUT2D eigenvalue weighted by molar-refractivity contribution is 0.414. The molecule has 2 aromatic carbocycles. The molecule has 0 N–H and O–H groups in total. The van der Waals surface area contributed by atoms with Gasteiger partial charge in [0.15, 0.2) is 0 Å². The number of ether oxygens (including phenoxy) is 1. The number of anilines is 1. The van der Waals surface area contributed by atoms with Gasteiger partial charge in [0.1, 0.15) is 10.8 Å². The van der Waals surface area contributed by atoms with Gasteiger partial charge in [-0.05, 0) is 48.4 Å². The quantitative estimate of drug-likeness (QED) is 0.421. The van der Waals surface area contributed by atoms with Gasteiger partial charge in [-0.3, -0.25) is 4.79 Å². The number of aromatic nitrogens is 3.